The largest absolute Gasteiger partial charge is 0.388 e. The van der Waals surface area contributed by atoms with Crippen LogP contribution in [0.2, 0.25) is 5.02 Å². The van der Waals surface area contributed by atoms with E-state index in [0.29, 0.717) is 31.0 Å². The first-order valence-electron chi connectivity index (χ1n) is 8.19. The number of aliphatic hydroxyl groups is 1. The number of rotatable bonds is 3. The minimum atomic E-state index is -2.80. The van der Waals surface area contributed by atoms with E-state index in [4.69, 9.17) is 11.6 Å². The molecule has 2 aliphatic rings. The Morgan fingerprint density at radius 1 is 1.29 bits per heavy atom. The van der Waals surface area contributed by atoms with Crippen LogP contribution in [0.25, 0.3) is 0 Å². The summed E-state index contributed by atoms with van der Waals surface area (Å²) in [6.45, 7) is 0.533. The van der Waals surface area contributed by atoms with Gasteiger partial charge in [-0.1, -0.05) is 23.7 Å². The van der Waals surface area contributed by atoms with Crippen molar-refractivity contribution in [3.05, 3.63) is 34.9 Å². The molecular weight excluding hydrogens is 338 g/mol. The van der Waals surface area contributed by atoms with Gasteiger partial charge in [-0.2, -0.15) is 0 Å². The summed E-state index contributed by atoms with van der Waals surface area (Å²) in [4.78, 5) is 14.0. The lowest BCUT2D eigenvalue weighted by Crippen LogP contribution is -2.47. The molecule has 3 rings (SSSR count). The summed E-state index contributed by atoms with van der Waals surface area (Å²) >= 11 is 5.85. The van der Waals surface area contributed by atoms with E-state index in [-0.39, 0.29) is 11.8 Å². The third kappa shape index (κ3) is 3.87. The highest BCUT2D eigenvalue weighted by molar-refractivity contribution is 6.30. The lowest BCUT2D eigenvalue weighted by atomic mass is 9.87. The van der Waals surface area contributed by atoms with Gasteiger partial charge in [-0.15, -0.1) is 0 Å². The molecule has 7 heteroatoms. The summed E-state index contributed by atoms with van der Waals surface area (Å²) in [5, 5.41) is 13.7. The van der Waals surface area contributed by atoms with E-state index >= 15 is 0 Å². The molecule has 24 heavy (non-hydrogen) atoms. The molecule has 2 N–H and O–H groups in total. The molecule has 0 radical (unpaired) electrons. The van der Waals surface area contributed by atoms with E-state index in [1.165, 1.54) is 0 Å². The Morgan fingerprint density at radius 2 is 1.92 bits per heavy atom. The van der Waals surface area contributed by atoms with Crippen molar-refractivity contribution in [2.24, 2.45) is 5.92 Å². The van der Waals surface area contributed by atoms with E-state index in [1.807, 2.05) is 0 Å². The van der Waals surface area contributed by atoms with Crippen LogP contribution in [-0.4, -0.2) is 47.5 Å². The van der Waals surface area contributed by atoms with Crippen molar-refractivity contribution in [3.8, 4) is 0 Å². The summed E-state index contributed by atoms with van der Waals surface area (Å²) in [5.41, 5.74) is 0.807. The first kappa shape index (κ1) is 17.6. The second-order valence-electron chi connectivity index (χ2n) is 6.65. The monoisotopic (exact) mass is 358 g/mol. The predicted octanol–water partition coefficient (Wildman–Crippen LogP) is 2.61. The topological polar surface area (TPSA) is 52.6 Å². The van der Waals surface area contributed by atoms with Gasteiger partial charge in [0.25, 0.3) is 5.92 Å². The summed E-state index contributed by atoms with van der Waals surface area (Å²) in [5.74, 6) is -3.01. The maximum Gasteiger partial charge on any atom is 0.262 e. The van der Waals surface area contributed by atoms with Gasteiger partial charge < -0.3 is 10.0 Å². The standard InChI is InChI=1S/C17H21ClF2N2O2/c18-13-3-1-11(2-4-13)15(23)12-5-7-22(8-6-12)16(24)14-9-17(19,20)10-21-14/h1-4,12,14-15,21,23H,5-10H2. The van der Waals surface area contributed by atoms with Crippen LogP contribution in [0.1, 0.15) is 30.9 Å². The molecule has 4 nitrogen and oxygen atoms in total. The lowest BCUT2D eigenvalue weighted by molar-refractivity contribution is -0.135. The summed E-state index contributed by atoms with van der Waals surface area (Å²) in [7, 11) is 0. The highest BCUT2D eigenvalue weighted by Gasteiger charge is 2.44. The van der Waals surface area contributed by atoms with Gasteiger partial charge in [-0.05, 0) is 36.5 Å². The van der Waals surface area contributed by atoms with Gasteiger partial charge in [0.1, 0.15) is 0 Å². The summed E-state index contributed by atoms with van der Waals surface area (Å²) in [6.07, 6.45) is 0.268. The van der Waals surface area contributed by atoms with Gasteiger partial charge >= 0.3 is 0 Å². The molecule has 0 aromatic heterocycles. The van der Waals surface area contributed by atoms with Gasteiger partial charge in [-0.3, -0.25) is 10.1 Å². The normalized spacial score (nSPS) is 25.7. The van der Waals surface area contributed by atoms with Gasteiger partial charge in [0.15, 0.2) is 0 Å². The van der Waals surface area contributed by atoms with Crippen molar-refractivity contribution in [2.45, 2.75) is 37.3 Å². The summed E-state index contributed by atoms with van der Waals surface area (Å²) in [6, 6.07) is 6.29. The van der Waals surface area contributed by atoms with Gasteiger partial charge in [0.05, 0.1) is 18.7 Å². The number of likely N-dealkylation sites (tertiary alicyclic amines) is 1. The number of carbonyl (C=O) groups is 1. The first-order valence-corrected chi connectivity index (χ1v) is 8.57. The van der Waals surface area contributed by atoms with Crippen LogP contribution in [0.3, 0.4) is 0 Å². The number of hydrogen-bond acceptors (Lipinski definition) is 3. The van der Waals surface area contributed by atoms with E-state index < -0.39 is 31.0 Å². The lowest BCUT2D eigenvalue weighted by Gasteiger charge is -2.35. The SMILES string of the molecule is O=C(C1CC(F)(F)CN1)N1CCC(C(O)c2ccc(Cl)cc2)CC1. The van der Waals surface area contributed by atoms with Crippen LogP contribution in [0.5, 0.6) is 0 Å². The Kier molecular flexibility index (Phi) is 5.08. The van der Waals surface area contributed by atoms with Crippen molar-refractivity contribution in [2.75, 3.05) is 19.6 Å². The minimum absolute atomic E-state index is 0.0493. The quantitative estimate of drug-likeness (QED) is 0.873. The molecule has 2 aliphatic heterocycles. The van der Waals surface area contributed by atoms with Crippen molar-refractivity contribution in [3.63, 3.8) is 0 Å². The fourth-order valence-corrected chi connectivity index (χ4v) is 3.60. The second-order valence-corrected chi connectivity index (χ2v) is 7.09. The van der Waals surface area contributed by atoms with Gasteiger partial charge in [0.2, 0.25) is 5.91 Å². The number of amides is 1. The van der Waals surface area contributed by atoms with Crippen LogP contribution in [0.15, 0.2) is 24.3 Å². The molecule has 0 bridgehead atoms. The second kappa shape index (κ2) is 6.94. The van der Waals surface area contributed by atoms with Crippen LogP contribution in [0, 0.1) is 5.92 Å². The molecular formula is C17H21ClF2N2O2. The van der Waals surface area contributed by atoms with E-state index in [1.54, 1.807) is 29.2 Å². The molecule has 0 saturated carbocycles. The maximum absolute atomic E-state index is 13.2. The number of nitrogens with zero attached hydrogens (tertiary/aromatic N) is 1. The van der Waals surface area contributed by atoms with Gasteiger partial charge in [-0.25, -0.2) is 8.78 Å². The third-order valence-electron chi connectivity index (χ3n) is 4.92. The number of hydrogen-bond donors (Lipinski definition) is 2. The zero-order valence-electron chi connectivity index (χ0n) is 13.2. The third-order valence-corrected chi connectivity index (χ3v) is 5.17. The zero-order valence-corrected chi connectivity index (χ0v) is 14.0. The fourth-order valence-electron chi connectivity index (χ4n) is 3.48. The highest BCUT2D eigenvalue weighted by atomic mass is 35.5. The molecule has 1 amide bonds. The Balaban J connectivity index is 1.54. The molecule has 2 atom stereocenters. The van der Waals surface area contributed by atoms with Crippen LogP contribution < -0.4 is 5.32 Å². The van der Waals surface area contributed by atoms with Crippen molar-refractivity contribution >= 4 is 17.5 Å². The maximum atomic E-state index is 13.2. The van der Waals surface area contributed by atoms with Crippen molar-refractivity contribution in [1.82, 2.24) is 10.2 Å². The Morgan fingerprint density at radius 3 is 2.46 bits per heavy atom. The average molecular weight is 359 g/mol. The van der Waals surface area contributed by atoms with Crippen LogP contribution in [-0.2, 0) is 4.79 Å². The smallest absolute Gasteiger partial charge is 0.262 e. The van der Waals surface area contributed by atoms with Crippen molar-refractivity contribution < 1.29 is 18.7 Å². The number of benzene rings is 1. The number of piperidine rings is 1. The van der Waals surface area contributed by atoms with Gasteiger partial charge in [0, 0.05) is 24.5 Å². The van der Waals surface area contributed by atoms with Crippen molar-refractivity contribution in [1.29, 1.82) is 0 Å². The van der Waals surface area contributed by atoms with E-state index in [0.717, 1.165) is 5.56 Å². The Bertz CT molecular complexity index is 589. The number of alkyl halides is 2. The fraction of sp³-hybridized carbons (Fsp3) is 0.588. The number of aliphatic hydroxyl groups excluding tert-OH is 1. The number of carbonyl (C=O) groups excluding carboxylic acids is 1. The number of halogens is 3. The van der Waals surface area contributed by atoms with E-state index in [9.17, 15) is 18.7 Å². The molecule has 2 saturated heterocycles. The first-order chi connectivity index (χ1) is 11.4. The molecule has 0 aliphatic carbocycles. The van der Waals surface area contributed by atoms with Crippen LogP contribution >= 0.6 is 11.6 Å². The van der Waals surface area contributed by atoms with Crippen LogP contribution in [0.4, 0.5) is 8.78 Å². The molecule has 2 heterocycles. The average Bonchev–Trinajstić information content (AvgIpc) is 2.94. The molecule has 2 fully saturated rings. The molecule has 132 valence electrons. The minimum Gasteiger partial charge on any atom is -0.388 e. The molecule has 2 unspecified atom stereocenters. The molecule has 1 aromatic carbocycles. The van der Waals surface area contributed by atoms with E-state index in [2.05, 4.69) is 5.32 Å². The Hall–Kier alpha value is -1.24. The molecule has 1 aromatic rings. The molecule has 0 spiro atoms. The summed E-state index contributed by atoms with van der Waals surface area (Å²) < 4.78 is 26.5. The number of nitrogens with one attached hydrogen (secondary N) is 1. The predicted molar refractivity (Wildman–Crippen MR) is 87.1 cm³/mol. The highest BCUT2D eigenvalue weighted by Crippen LogP contribution is 2.32. The Labute approximate surface area is 144 Å². The zero-order chi connectivity index (χ0) is 17.3.